The van der Waals surface area contributed by atoms with E-state index in [-0.39, 0.29) is 6.04 Å². The lowest BCUT2D eigenvalue weighted by Gasteiger charge is -2.31. The van der Waals surface area contributed by atoms with Crippen molar-refractivity contribution in [3.05, 3.63) is 47.0 Å². The molecule has 1 atom stereocenters. The van der Waals surface area contributed by atoms with Crippen LogP contribution in [0.2, 0.25) is 5.02 Å². The first-order valence-corrected chi connectivity index (χ1v) is 7.68. The van der Waals surface area contributed by atoms with E-state index in [9.17, 15) is 0 Å². The van der Waals surface area contributed by atoms with Crippen molar-refractivity contribution in [3.63, 3.8) is 0 Å². The van der Waals surface area contributed by atoms with Gasteiger partial charge in [0.05, 0.1) is 6.54 Å². The third kappa shape index (κ3) is 4.05. The molecule has 0 fully saturated rings. The fraction of sp³-hybridized carbons (Fsp3) is 0.500. The number of rotatable bonds is 6. The van der Waals surface area contributed by atoms with E-state index >= 15 is 0 Å². The first kappa shape index (κ1) is 16.0. The third-order valence-electron chi connectivity index (χ3n) is 3.65. The van der Waals surface area contributed by atoms with E-state index in [1.54, 1.807) is 6.33 Å². The fourth-order valence-electron chi connectivity index (χ4n) is 2.47. The molecule has 0 amide bonds. The largest absolute Gasteiger partial charge is 0.320 e. The zero-order chi connectivity index (χ0) is 15.4. The lowest BCUT2D eigenvalue weighted by Crippen LogP contribution is -2.31. The predicted molar refractivity (Wildman–Crippen MR) is 86.1 cm³/mol. The molecule has 4 nitrogen and oxygen atoms in total. The Morgan fingerprint density at radius 1 is 1.24 bits per heavy atom. The molecule has 0 bridgehead atoms. The summed E-state index contributed by atoms with van der Waals surface area (Å²) in [7, 11) is 1.98. The van der Waals surface area contributed by atoms with Crippen LogP contribution in [-0.4, -0.2) is 26.2 Å². The molecule has 114 valence electrons. The molecular weight excluding hydrogens is 284 g/mol. The third-order valence-corrected chi connectivity index (χ3v) is 4.00. The summed E-state index contributed by atoms with van der Waals surface area (Å²) in [6.07, 6.45) is 1.74. The molecule has 0 aliphatic carbocycles. The van der Waals surface area contributed by atoms with Crippen LogP contribution in [-0.2, 0) is 13.6 Å². The number of aromatic nitrogens is 3. The van der Waals surface area contributed by atoms with E-state index in [0.29, 0.717) is 5.92 Å². The van der Waals surface area contributed by atoms with Crippen molar-refractivity contribution < 1.29 is 0 Å². The number of benzene rings is 1. The summed E-state index contributed by atoms with van der Waals surface area (Å²) in [5.41, 5.74) is 1.15. The van der Waals surface area contributed by atoms with Gasteiger partial charge in [0.15, 0.2) is 0 Å². The quantitative estimate of drug-likeness (QED) is 0.816. The number of halogens is 1. The summed E-state index contributed by atoms with van der Waals surface area (Å²) in [6, 6.07) is 8.28. The minimum atomic E-state index is 0.234. The second-order valence-corrected chi connectivity index (χ2v) is 6.29. The van der Waals surface area contributed by atoms with Crippen LogP contribution >= 0.6 is 11.6 Å². The second-order valence-electron chi connectivity index (χ2n) is 5.88. The van der Waals surface area contributed by atoms with Crippen molar-refractivity contribution in [1.82, 2.24) is 19.7 Å². The Morgan fingerprint density at radius 2 is 1.95 bits per heavy atom. The van der Waals surface area contributed by atoms with Gasteiger partial charge in [0, 0.05) is 24.7 Å². The second kappa shape index (κ2) is 7.05. The van der Waals surface area contributed by atoms with Crippen molar-refractivity contribution >= 4 is 11.6 Å². The van der Waals surface area contributed by atoms with Gasteiger partial charge in [0.1, 0.15) is 12.2 Å². The highest BCUT2D eigenvalue weighted by Crippen LogP contribution is 2.28. The molecule has 0 spiro atoms. The molecule has 5 heteroatoms. The van der Waals surface area contributed by atoms with Gasteiger partial charge in [-0.05, 0) is 24.5 Å². The molecule has 0 N–H and O–H groups in total. The average Bonchev–Trinajstić information content (AvgIpc) is 2.83. The summed E-state index contributed by atoms with van der Waals surface area (Å²) in [5, 5.41) is 8.98. The predicted octanol–water partition coefficient (Wildman–Crippen LogP) is 3.69. The van der Waals surface area contributed by atoms with E-state index in [1.807, 2.05) is 29.8 Å². The lowest BCUT2D eigenvalue weighted by atomic mass is 10.1. The van der Waals surface area contributed by atoms with Crippen LogP contribution < -0.4 is 0 Å². The topological polar surface area (TPSA) is 34.0 Å². The van der Waals surface area contributed by atoms with E-state index < -0.39 is 0 Å². The molecule has 21 heavy (non-hydrogen) atoms. The Balaban J connectivity index is 2.23. The molecule has 1 heterocycles. The maximum Gasteiger partial charge on any atom is 0.146 e. The van der Waals surface area contributed by atoms with E-state index in [0.717, 1.165) is 29.5 Å². The van der Waals surface area contributed by atoms with Crippen LogP contribution in [0.25, 0.3) is 0 Å². The summed E-state index contributed by atoms with van der Waals surface area (Å²) in [4.78, 5) is 2.40. The number of nitrogens with zero attached hydrogens (tertiary/aromatic N) is 4. The van der Waals surface area contributed by atoms with Gasteiger partial charge in [0.25, 0.3) is 0 Å². The van der Waals surface area contributed by atoms with Crippen LogP contribution in [0.1, 0.15) is 38.2 Å². The van der Waals surface area contributed by atoms with Gasteiger partial charge >= 0.3 is 0 Å². The maximum absolute atomic E-state index is 6.35. The Kier molecular flexibility index (Phi) is 5.37. The number of hydrogen-bond donors (Lipinski definition) is 0. The van der Waals surface area contributed by atoms with Gasteiger partial charge in [-0.15, -0.1) is 10.2 Å². The minimum Gasteiger partial charge on any atom is -0.320 e. The molecular formula is C16H23ClN4. The van der Waals surface area contributed by atoms with Gasteiger partial charge < -0.3 is 4.57 Å². The maximum atomic E-state index is 6.35. The van der Waals surface area contributed by atoms with Gasteiger partial charge in [0.2, 0.25) is 0 Å². The average molecular weight is 307 g/mol. The van der Waals surface area contributed by atoms with Crippen molar-refractivity contribution in [2.75, 3.05) is 6.54 Å². The zero-order valence-electron chi connectivity index (χ0n) is 13.1. The normalized spacial score (nSPS) is 13.1. The fourth-order valence-corrected chi connectivity index (χ4v) is 2.76. The zero-order valence-corrected chi connectivity index (χ0v) is 13.9. The first-order valence-electron chi connectivity index (χ1n) is 7.30. The van der Waals surface area contributed by atoms with E-state index in [1.165, 1.54) is 0 Å². The summed E-state index contributed by atoms with van der Waals surface area (Å²) in [6.45, 7) is 8.40. The SMILES string of the molecule is CC(C)CN(Cc1nncn1C)[C@@H](C)c1ccccc1Cl. The molecule has 0 aliphatic rings. The first-order chi connectivity index (χ1) is 9.99. The van der Waals surface area contributed by atoms with Crippen LogP contribution in [0.4, 0.5) is 0 Å². The molecule has 0 radical (unpaired) electrons. The minimum absolute atomic E-state index is 0.234. The summed E-state index contributed by atoms with van der Waals surface area (Å²) >= 11 is 6.35. The van der Waals surface area contributed by atoms with Crippen LogP contribution in [0.3, 0.4) is 0 Å². The summed E-state index contributed by atoms with van der Waals surface area (Å²) in [5.74, 6) is 1.54. The Hall–Kier alpha value is -1.39. The Bertz CT molecular complexity index is 579. The number of aryl methyl sites for hydroxylation is 1. The van der Waals surface area contributed by atoms with Gasteiger partial charge in [-0.1, -0.05) is 43.6 Å². The van der Waals surface area contributed by atoms with Gasteiger partial charge in [-0.2, -0.15) is 0 Å². The van der Waals surface area contributed by atoms with E-state index in [2.05, 4.69) is 41.9 Å². The lowest BCUT2D eigenvalue weighted by molar-refractivity contribution is 0.172. The molecule has 0 saturated carbocycles. The van der Waals surface area contributed by atoms with Crippen LogP contribution in [0.5, 0.6) is 0 Å². The van der Waals surface area contributed by atoms with E-state index in [4.69, 9.17) is 11.6 Å². The monoisotopic (exact) mass is 306 g/mol. The Morgan fingerprint density at radius 3 is 2.52 bits per heavy atom. The highest BCUT2D eigenvalue weighted by molar-refractivity contribution is 6.31. The van der Waals surface area contributed by atoms with Crippen molar-refractivity contribution in [3.8, 4) is 0 Å². The molecule has 2 rings (SSSR count). The van der Waals surface area contributed by atoms with Gasteiger partial charge in [-0.3, -0.25) is 4.90 Å². The molecule has 1 aromatic carbocycles. The molecule has 0 unspecified atom stereocenters. The van der Waals surface area contributed by atoms with Crippen LogP contribution in [0.15, 0.2) is 30.6 Å². The molecule has 0 saturated heterocycles. The molecule has 1 aromatic heterocycles. The van der Waals surface area contributed by atoms with Crippen molar-refractivity contribution in [1.29, 1.82) is 0 Å². The Labute approximate surface area is 131 Å². The van der Waals surface area contributed by atoms with Crippen LogP contribution in [0, 0.1) is 5.92 Å². The van der Waals surface area contributed by atoms with Crippen molar-refractivity contribution in [2.45, 2.75) is 33.4 Å². The number of hydrogen-bond acceptors (Lipinski definition) is 3. The smallest absolute Gasteiger partial charge is 0.146 e. The van der Waals surface area contributed by atoms with Crippen molar-refractivity contribution in [2.24, 2.45) is 13.0 Å². The molecule has 0 aliphatic heterocycles. The summed E-state index contributed by atoms with van der Waals surface area (Å²) < 4.78 is 1.96. The van der Waals surface area contributed by atoms with Gasteiger partial charge in [-0.25, -0.2) is 0 Å². The highest BCUT2D eigenvalue weighted by atomic mass is 35.5. The standard InChI is InChI=1S/C16H23ClN4/c1-12(2)9-21(10-16-19-18-11-20(16)4)13(3)14-7-5-6-8-15(14)17/h5-8,11-13H,9-10H2,1-4H3/t13-/m0/s1. The highest BCUT2D eigenvalue weighted by Gasteiger charge is 2.20. The molecule has 2 aromatic rings.